The van der Waals surface area contributed by atoms with Crippen LogP contribution in [-0.2, 0) is 0 Å². The minimum absolute atomic E-state index is 0.481. The maximum Gasteiger partial charge on any atom is 0.123 e. The molecule has 2 N–H and O–H groups in total. The van der Waals surface area contributed by atoms with Gasteiger partial charge in [0.25, 0.3) is 0 Å². The monoisotopic (exact) mass is 179 g/mol. The van der Waals surface area contributed by atoms with Gasteiger partial charge in [-0.25, -0.2) is 4.39 Å². The Kier molecular flexibility index (Phi) is 3.65. The lowest BCUT2D eigenvalue weighted by Crippen LogP contribution is -1.94. The lowest BCUT2D eigenvalue weighted by Gasteiger charge is -2.05. The fourth-order valence-corrected chi connectivity index (χ4v) is 1.22. The molecule has 0 saturated carbocycles. The minimum atomic E-state index is -0.932. The van der Waals surface area contributed by atoms with Gasteiger partial charge < -0.3 is 5.73 Å². The van der Waals surface area contributed by atoms with Crippen molar-refractivity contribution in [3.8, 4) is 0 Å². The Labute approximate surface area is 78.1 Å². The van der Waals surface area contributed by atoms with E-state index in [4.69, 9.17) is 5.73 Å². The Balaban J connectivity index is 2.97. The van der Waals surface area contributed by atoms with E-state index in [0.29, 0.717) is 12.1 Å². The fraction of sp³-hybridized carbons (Fsp3) is 0.273. The summed E-state index contributed by atoms with van der Waals surface area (Å²) in [6, 6.07) is 7.41. The maximum atomic E-state index is 13.1. The molecule has 0 radical (unpaired) electrons. The third-order valence-corrected chi connectivity index (χ3v) is 1.86. The van der Waals surface area contributed by atoms with E-state index in [2.05, 4.69) is 0 Å². The van der Waals surface area contributed by atoms with Gasteiger partial charge in [0, 0.05) is 6.54 Å². The molecule has 1 aromatic carbocycles. The third-order valence-electron chi connectivity index (χ3n) is 1.86. The van der Waals surface area contributed by atoms with Crippen LogP contribution in [0.3, 0.4) is 0 Å². The quantitative estimate of drug-likeness (QED) is 0.758. The highest BCUT2D eigenvalue weighted by atomic mass is 19.1. The molecule has 1 nitrogen and oxygen atoms in total. The van der Waals surface area contributed by atoms with E-state index in [1.165, 1.54) is 6.92 Å². The highest BCUT2D eigenvalue weighted by Crippen LogP contribution is 2.21. The van der Waals surface area contributed by atoms with E-state index in [1.807, 2.05) is 30.4 Å². The van der Waals surface area contributed by atoms with Crippen molar-refractivity contribution < 1.29 is 4.39 Å². The summed E-state index contributed by atoms with van der Waals surface area (Å²) in [6.07, 6.45) is 2.74. The Bertz CT molecular complexity index is 292. The largest absolute Gasteiger partial charge is 0.327 e. The molecule has 70 valence electrons. The average molecular weight is 179 g/mol. The average Bonchev–Trinajstić information content (AvgIpc) is 2.15. The summed E-state index contributed by atoms with van der Waals surface area (Å²) in [4.78, 5) is 0. The predicted octanol–water partition coefficient (Wildman–Crippen LogP) is 2.69. The van der Waals surface area contributed by atoms with Gasteiger partial charge in [-0.2, -0.15) is 0 Å². The first-order chi connectivity index (χ1) is 6.25. The maximum absolute atomic E-state index is 13.1. The van der Waals surface area contributed by atoms with Gasteiger partial charge in [-0.3, -0.25) is 0 Å². The number of rotatable bonds is 3. The Hall–Kier alpha value is -1.15. The van der Waals surface area contributed by atoms with Gasteiger partial charge in [-0.1, -0.05) is 36.4 Å². The Morgan fingerprint density at radius 2 is 2.15 bits per heavy atom. The second-order valence-electron chi connectivity index (χ2n) is 2.88. The van der Waals surface area contributed by atoms with Crippen molar-refractivity contribution in [2.75, 3.05) is 6.54 Å². The molecule has 0 saturated heterocycles. The molecule has 0 fully saturated rings. The van der Waals surface area contributed by atoms with Crippen molar-refractivity contribution in [1.82, 2.24) is 0 Å². The number of hydrogen-bond acceptors (Lipinski definition) is 1. The first-order valence-corrected chi connectivity index (χ1v) is 4.35. The molecule has 2 heteroatoms. The van der Waals surface area contributed by atoms with Crippen molar-refractivity contribution in [3.05, 3.63) is 41.5 Å². The van der Waals surface area contributed by atoms with Gasteiger partial charge in [0.2, 0.25) is 0 Å². The lowest BCUT2D eigenvalue weighted by atomic mass is 10.0. The van der Waals surface area contributed by atoms with Gasteiger partial charge >= 0.3 is 0 Å². The van der Waals surface area contributed by atoms with Crippen molar-refractivity contribution in [3.63, 3.8) is 0 Å². The topological polar surface area (TPSA) is 26.0 Å². The van der Waals surface area contributed by atoms with Gasteiger partial charge in [0.15, 0.2) is 0 Å². The van der Waals surface area contributed by atoms with Crippen LogP contribution in [0.4, 0.5) is 4.39 Å². The van der Waals surface area contributed by atoms with E-state index >= 15 is 0 Å². The van der Waals surface area contributed by atoms with Crippen LogP contribution in [0, 0.1) is 0 Å². The van der Waals surface area contributed by atoms with Crippen molar-refractivity contribution in [1.29, 1.82) is 0 Å². The third kappa shape index (κ3) is 2.67. The Morgan fingerprint density at radius 1 is 1.46 bits per heavy atom. The smallest absolute Gasteiger partial charge is 0.123 e. The van der Waals surface area contributed by atoms with Crippen LogP contribution in [0.1, 0.15) is 24.2 Å². The molecular weight excluding hydrogens is 165 g/mol. The fourth-order valence-electron chi connectivity index (χ4n) is 1.22. The zero-order valence-electron chi connectivity index (χ0n) is 7.70. The van der Waals surface area contributed by atoms with Crippen molar-refractivity contribution >= 4 is 6.08 Å². The molecule has 0 aliphatic carbocycles. The van der Waals surface area contributed by atoms with Crippen LogP contribution in [0.25, 0.3) is 6.08 Å². The van der Waals surface area contributed by atoms with Crippen molar-refractivity contribution in [2.24, 2.45) is 5.73 Å². The molecule has 0 heterocycles. The van der Waals surface area contributed by atoms with Crippen LogP contribution < -0.4 is 5.73 Å². The molecule has 1 atom stereocenters. The first-order valence-electron chi connectivity index (χ1n) is 4.35. The summed E-state index contributed by atoms with van der Waals surface area (Å²) < 4.78 is 13.1. The minimum Gasteiger partial charge on any atom is -0.327 e. The number of halogens is 1. The molecule has 13 heavy (non-hydrogen) atoms. The van der Waals surface area contributed by atoms with Crippen LogP contribution in [0.5, 0.6) is 0 Å². The molecule has 1 aromatic rings. The van der Waals surface area contributed by atoms with Crippen LogP contribution >= 0.6 is 0 Å². The molecule has 0 spiro atoms. The summed E-state index contributed by atoms with van der Waals surface area (Å²) in [5, 5.41) is 0. The normalized spacial score (nSPS) is 13.5. The molecule has 0 aliphatic rings. The molecule has 0 amide bonds. The first kappa shape index (κ1) is 9.93. The standard InChI is InChI=1S/C11H14FN/c1-9(12)11-7-3-2-5-10(11)6-4-8-13/h2-7,9H,8,13H2,1H3/b6-4+. The summed E-state index contributed by atoms with van der Waals surface area (Å²) in [5.74, 6) is 0. The molecule has 0 bridgehead atoms. The van der Waals surface area contributed by atoms with Gasteiger partial charge in [0.1, 0.15) is 6.17 Å². The van der Waals surface area contributed by atoms with E-state index in [1.54, 1.807) is 6.07 Å². The van der Waals surface area contributed by atoms with Crippen LogP contribution in [0.2, 0.25) is 0 Å². The zero-order valence-corrected chi connectivity index (χ0v) is 7.70. The number of hydrogen-bond donors (Lipinski definition) is 1. The molecule has 0 aromatic heterocycles. The highest BCUT2D eigenvalue weighted by molar-refractivity contribution is 5.54. The SMILES string of the molecule is CC(F)c1ccccc1/C=C/CN. The number of alkyl halides is 1. The molecule has 0 aliphatic heterocycles. The zero-order chi connectivity index (χ0) is 9.68. The van der Waals surface area contributed by atoms with Gasteiger partial charge in [-0.15, -0.1) is 0 Å². The summed E-state index contributed by atoms with van der Waals surface area (Å²) in [5.41, 5.74) is 6.94. The van der Waals surface area contributed by atoms with E-state index in [-0.39, 0.29) is 0 Å². The van der Waals surface area contributed by atoms with Gasteiger partial charge in [-0.05, 0) is 18.1 Å². The van der Waals surface area contributed by atoms with E-state index in [9.17, 15) is 4.39 Å². The van der Waals surface area contributed by atoms with Crippen LogP contribution in [0.15, 0.2) is 30.3 Å². The van der Waals surface area contributed by atoms with Gasteiger partial charge in [0.05, 0.1) is 0 Å². The predicted molar refractivity (Wildman–Crippen MR) is 54.1 cm³/mol. The summed E-state index contributed by atoms with van der Waals surface area (Å²) >= 11 is 0. The molecule has 1 rings (SSSR count). The van der Waals surface area contributed by atoms with Crippen LogP contribution in [-0.4, -0.2) is 6.54 Å². The second kappa shape index (κ2) is 4.77. The van der Waals surface area contributed by atoms with E-state index < -0.39 is 6.17 Å². The van der Waals surface area contributed by atoms with Crippen molar-refractivity contribution in [2.45, 2.75) is 13.1 Å². The summed E-state index contributed by atoms with van der Waals surface area (Å²) in [7, 11) is 0. The Morgan fingerprint density at radius 3 is 2.77 bits per heavy atom. The number of nitrogens with two attached hydrogens (primary N) is 1. The molecular formula is C11H14FN. The molecule has 1 unspecified atom stereocenters. The second-order valence-corrected chi connectivity index (χ2v) is 2.88. The van der Waals surface area contributed by atoms with E-state index in [0.717, 1.165) is 5.56 Å². The summed E-state index contributed by atoms with van der Waals surface area (Å²) in [6.45, 7) is 2.02. The number of benzene rings is 1. The lowest BCUT2D eigenvalue weighted by molar-refractivity contribution is 0.374. The highest BCUT2D eigenvalue weighted by Gasteiger charge is 2.05.